The van der Waals surface area contributed by atoms with Crippen molar-refractivity contribution in [3.63, 3.8) is 0 Å². The maximum atomic E-state index is 12.1. The topological polar surface area (TPSA) is 85.9 Å². The molecule has 0 atom stereocenters. The average Bonchev–Trinajstić information content (AvgIpc) is 2.65. The largest absolute Gasteiger partial charge is 0.493 e. The molecule has 0 aliphatic carbocycles. The van der Waals surface area contributed by atoms with Crippen molar-refractivity contribution in [3.8, 4) is 17.2 Å². The Hall–Kier alpha value is -3.22. The van der Waals surface area contributed by atoms with E-state index < -0.39 is 0 Å². The number of amides is 2. The Labute approximate surface area is 152 Å². The first-order valence-corrected chi connectivity index (χ1v) is 8.17. The van der Waals surface area contributed by atoms with Gasteiger partial charge < -0.3 is 24.8 Å². The molecule has 0 fully saturated rings. The first-order chi connectivity index (χ1) is 12.6. The summed E-state index contributed by atoms with van der Waals surface area (Å²) >= 11 is 0. The minimum Gasteiger partial charge on any atom is -0.493 e. The van der Waals surface area contributed by atoms with Gasteiger partial charge in [0.05, 0.1) is 7.11 Å². The quantitative estimate of drug-likeness (QED) is 0.718. The van der Waals surface area contributed by atoms with Gasteiger partial charge in [0.25, 0.3) is 11.8 Å². The van der Waals surface area contributed by atoms with E-state index in [0.29, 0.717) is 29.5 Å². The van der Waals surface area contributed by atoms with Gasteiger partial charge in [-0.2, -0.15) is 0 Å². The van der Waals surface area contributed by atoms with Gasteiger partial charge in [-0.25, -0.2) is 0 Å². The lowest BCUT2D eigenvalue weighted by atomic mass is 10.3. The van der Waals surface area contributed by atoms with Gasteiger partial charge in [0.15, 0.2) is 24.7 Å². The summed E-state index contributed by atoms with van der Waals surface area (Å²) in [5.41, 5.74) is 0.548. The summed E-state index contributed by atoms with van der Waals surface area (Å²) < 4.78 is 16.0. The summed E-state index contributed by atoms with van der Waals surface area (Å²) in [4.78, 5) is 23.5. The molecule has 2 amide bonds. The summed E-state index contributed by atoms with van der Waals surface area (Å²) in [7, 11) is 1.54. The number of nitrogens with one attached hydrogen (secondary N) is 2. The number of carbonyl (C=O) groups excluding carboxylic acids is 2. The molecule has 2 N–H and O–H groups in total. The molecule has 0 radical (unpaired) electrons. The van der Waals surface area contributed by atoms with E-state index in [0.717, 1.165) is 0 Å². The first kappa shape index (κ1) is 19.1. The van der Waals surface area contributed by atoms with Gasteiger partial charge in [-0.1, -0.05) is 18.2 Å². The van der Waals surface area contributed by atoms with Gasteiger partial charge in [-0.3, -0.25) is 9.59 Å². The molecule has 0 aromatic heterocycles. The zero-order valence-electron chi connectivity index (χ0n) is 14.8. The highest BCUT2D eigenvalue weighted by atomic mass is 16.5. The number of hydrogen-bond donors (Lipinski definition) is 2. The van der Waals surface area contributed by atoms with Crippen LogP contribution in [0.1, 0.15) is 6.92 Å². The van der Waals surface area contributed by atoms with Gasteiger partial charge in [-0.15, -0.1) is 0 Å². The van der Waals surface area contributed by atoms with Crippen LogP contribution in [-0.2, 0) is 9.59 Å². The van der Waals surface area contributed by atoms with Crippen LogP contribution in [0.5, 0.6) is 17.2 Å². The van der Waals surface area contributed by atoms with E-state index in [1.807, 2.05) is 13.0 Å². The zero-order valence-corrected chi connectivity index (χ0v) is 14.8. The highest BCUT2D eigenvalue weighted by Crippen LogP contribution is 2.25. The van der Waals surface area contributed by atoms with Crippen molar-refractivity contribution in [3.05, 3.63) is 48.5 Å². The Kier molecular flexibility index (Phi) is 7.30. The maximum absolute atomic E-state index is 12.1. The number of likely N-dealkylation sites (N-methyl/N-ethyl adjacent to an activating group) is 1. The van der Waals surface area contributed by atoms with E-state index in [2.05, 4.69) is 10.6 Å². The molecule has 0 heterocycles. The molecule has 0 spiro atoms. The third kappa shape index (κ3) is 6.01. The number of carbonyl (C=O) groups is 2. The van der Waals surface area contributed by atoms with Crippen molar-refractivity contribution in [2.75, 3.05) is 32.2 Å². The van der Waals surface area contributed by atoms with Crippen LogP contribution in [0.15, 0.2) is 48.5 Å². The van der Waals surface area contributed by atoms with Crippen molar-refractivity contribution < 1.29 is 23.8 Å². The van der Waals surface area contributed by atoms with Crippen LogP contribution in [0.25, 0.3) is 0 Å². The summed E-state index contributed by atoms with van der Waals surface area (Å²) in [6.07, 6.45) is 0. The standard InChI is InChI=1S/C19H22N2O5/c1-3-20-18(22)12-25-15-8-6-7-14(11-15)21-19(23)13-26-17-10-5-4-9-16(17)24-2/h4-11H,3,12-13H2,1-2H3,(H,20,22)(H,21,23). The molecule has 0 bridgehead atoms. The van der Waals surface area contributed by atoms with Gasteiger partial charge >= 0.3 is 0 Å². The van der Waals surface area contributed by atoms with E-state index in [1.54, 1.807) is 42.5 Å². The van der Waals surface area contributed by atoms with Crippen LogP contribution in [-0.4, -0.2) is 38.7 Å². The summed E-state index contributed by atoms with van der Waals surface area (Å²) in [6.45, 7) is 2.14. The molecule has 2 aromatic rings. The van der Waals surface area contributed by atoms with Crippen LogP contribution in [0, 0.1) is 0 Å². The second-order valence-electron chi connectivity index (χ2n) is 5.26. The van der Waals surface area contributed by atoms with Gasteiger partial charge in [0.2, 0.25) is 0 Å². The maximum Gasteiger partial charge on any atom is 0.262 e. The third-order valence-corrected chi connectivity index (χ3v) is 3.29. The fourth-order valence-corrected chi connectivity index (χ4v) is 2.14. The molecule has 0 aliphatic heterocycles. The Bertz CT molecular complexity index is 748. The molecule has 0 saturated carbocycles. The number of anilines is 1. The Morgan fingerprint density at radius 2 is 1.65 bits per heavy atom. The molecular formula is C19H22N2O5. The lowest BCUT2D eigenvalue weighted by molar-refractivity contribution is -0.123. The second kappa shape index (κ2) is 9.93. The van der Waals surface area contributed by atoms with Crippen molar-refractivity contribution in [1.29, 1.82) is 0 Å². The number of ether oxygens (including phenoxy) is 3. The lowest BCUT2D eigenvalue weighted by Gasteiger charge is -2.11. The first-order valence-electron chi connectivity index (χ1n) is 8.17. The minimum absolute atomic E-state index is 0.0812. The van der Waals surface area contributed by atoms with E-state index >= 15 is 0 Å². The van der Waals surface area contributed by atoms with Crippen LogP contribution in [0.4, 0.5) is 5.69 Å². The summed E-state index contributed by atoms with van der Waals surface area (Å²) in [5.74, 6) is 1.01. The number of benzene rings is 2. The highest BCUT2D eigenvalue weighted by molar-refractivity contribution is 5.92. The van der Waals surface area contributed by atoms with Gasteiger partial charge in [-0.05, 0) is 31.2 Å². The van der Waals surface area contributed by atoms with Crippen LogP contribution in [0.3, 0.4) is 0 Å². The molecule has 7 nitrogen and oxygen atoms in total. The molecule has 2 aromatic carbocycles. The molecule has 7 heteroatoms. The average molecular weight is 358 g/mol. The smallest absolute Gasteiger partial charge is 0.262 e. The molecule has 0 aliphatic rings. The lowest BCUT2D eigenvalue weighted by Crippen LogP contribution is -2.28. The van der Waals surface area contributed by atoms with Crippen molar-refractivity contribution in [2.45, 2.75) is 6.92 Å². The molecule has 0 saturated heterocycles. The normalized spacial score (nSPS) is 9.92. The molecule has 2 rings (SSSR count). The van der Waals surface area contributed by atoms with Crippen LogP contribution in [0.2, 0.25) is 0 Å². The molecule has 26 heavy (non-hydrogen) atoms. The number of para-hydroxylation sites is 2. The fraction of sp³-hybridized carbons (Fsp3) is 0.263. The Morgan fingerprint density at radius 1 is 0.923 bits per heavy atom. The van der Waals surface area contributed by atoms with E-state index in [1.165, 1.54) is 7.11 Å². The SMILES string of the molecule is CCNC(=O)COc1cccc(NC(=O)COc2ccccc2OC)c1. The van der Waals surface area contributed by atoms with Crippen molar-refractivity contribution >= 4 is 17.5 Å². The summed E-state index contributed by atoms with van der Waals surface area (Å²) in [6, 6.07) is 13.9. The van der Waals surface area contributed by atoms with Crippen molar-refractivity contribution in [1.82, 2.24) is 5.32 Å². The monoisotopic (exact) mass is 358 g/mol. The number of methoxy groups -OCH3 is 1. The molecular weight excluding hydrogens is 336 g/mol. The predicted octanol–water partition coefficient (Wildman–Crippen LogP) is 2.23. The van der Waals surface area contributed by atoms with E-state index in [-0.39, 0.29) is 25.0 Å². The molecule has 138 valence electrons. The fourth-order valence-electron chi connectivity index (χ4n) is 2.14. The van der Waals surface area contributed by atoms with Crippen LogP contribution < -0.4 is 24.8 Å². The summed E-state index contributed by atoms with van der Waals surface area (Å²) in [5, 5.41) is 5.36. The van der Waals surface area contributed by atoms with Gasteiger partial charge in [0.1, 0.15) is 5.75 Å². The highest BCUT2D eigenvalue weighted by Gasteiger charge is 2.08. The Balaban J connectivity index is 1.86. The van der Waals surface area contributed by atoms with E-state index in [4.69, 9.17) is 14.2 Å². The zero-order chi connectivity index (χ0) is 18.8. The minimum atomic E-state index is -0.322. The molecule has 0 unspecified atom stereocenters. The number of hydrogen-bond acceptors (Lipinski definition) is 5. The Morgan fingerprint density at radius 3 is 2.38 bits per heavy atom. The van der Waals surface area contributed by atoms with Crippen molar-refractivity contribution in [2.24, 2.45) is 0 Å². The van der Waals surface area contributed by atoms with E-state index in [9.17, 15) is 9.59 Å². The predicted molar refractivity (Wildman–Crippen MR) is 97.7 cm³/mol. The van der Waals surface area contributed by atoms with Gasteiger partial charge in [0, 0.05) is 18.3 Å². The van der Waals surface area contributed by atoms with Crippen LogP contribution >= 0.6 is 0 Å². The number of rotatable bonds is 9. The third-order valence-electron chi connectivity index (χ3n) is 3.29. The second-order valence-corrected chi connectivity index (χ2v) is 5.26.